The van der Waals surface area contributed by atoms with Gasteiger partial charge in [-0.25, -0.2) is 0 Å². The van der Waals surface area contributed by atoms with E-state index in [1.54, 1.807) is 0 Å². The molecular weight excluding hydrogens is 358 g/mol. The lowest BCUT2D eigenvalue weighted by atomic mass is 9.75. The average molecular weight is 379 g/mol. The molecule has 0 unspecified atom stereocenters. The van der Waals surface area contributed by atoms with Crippen LogP contribution in [-0.2, 0) is 4.79 Å². The van der Waals surface area contributed by atoms with Crippen molar-refractivity contribution in [3.63, 3.8) is 0 Å². The van der Waals surface area contributed by atoms with E-state index in [-0.39, 0.29) is 23.6 Å². The van der Waals surface area contributed by atoms with E-state index in [1.165, 1.54) is 0 Å². The fourth-order valence-corrected chi connectivity index (χ4v) is 3.77. The number of nitrogens with one attached hydrogen (secondary N) is 2. The van der Waals surface area contributed by atoms with E-state index in [1.807, 2.05) is 37.3 Å². The number of Topliss-reactive ketones (excluding diaryl/α,β-unsaturated/α-hetero) is 1. The summed E-state index contributed by atoms with van der Waals surface area (Å²) in [5.41, 5.74) is 3.37. The van der Waals surface area contributed by atoms with Gasteiger partial charge in [-0.15, -0.1) is 5.10 Å². The van der Waals surface area contributed by atoms with Crippen LogP contribution >= 0.6 is 0 Å². The van der Waals surface area contributed by atoms with Crippen LogP contribution in [-0.4, -0.2) is 32.1 Å². The van der Waals surface area contributed by atoms with Gasteiger partial charge >= 0.3 is 6.01 Å². The van der Waals surface area contributed by atoms with E-state index in [4.69, 9.17) is 4.42 Å². The van der Waals surface area contributed by atoms with E-state index in [9.17, 15) is 9.59 Å². The van der Waals surface area contributed by atoms with E-state index >= 15 is 0 Å². The second-order valence-electron chi connectivity index (χ2n) is 7.11. The Balaban J connectivity index is 1.50. The molecule has 1 aliphatic carbocycles. The van der Waals surface area contributed by atoms with E-state index in [2.05, 4.69) is 25.7 Å². The Labute approximate surface area is 161 Å². The Hall–Kier alpha value is -3.29. The first-order chi connectivity index (χ1) is 13.6. The van der Waals surface area contributed by atoms with Gasteiger partial charge in [-0.1, -0.05) is 42.2 Å². The summed E-state index contributed by atoms with van der Waals surface area (Å²) in [6.07, 6.45) is 4.37. The van der Waals surface area contributed by atoms with Crippen LogP contribution in [0.25, 0.3) is 11.3 Å². The van der Waals surface area contributed by atoms with Crippen molar-refractivity contribution in [3.05, 3.63) is 48.0 Å². The van der Waals surface area contributed by atoms with Gasteiger partial charge < -0.3 is 4.42 Å². The summed E-state index contributed by atoms with van der Waals surface area (Å²) < 4.78 is 4.98. The van der Waals surface area contributed by atoms with Crippen molar-refractivity contribution in [1.29, 1.82) is 0 Å². The molecule has 2 N–H and O–H groups in total. The molecule has 1 aliphatic rings. The van der Waals surface area contributed by atoms with E-state index in [0.717, 1.165) is 36.2 Å². The molecule has 0 aliphatic heterocycles. The number of amides is 1. The molecule has 144 valence electrons. The van der Waals surface area contributed by atoms with Gasteiger partial charge in [0, 0.05) is 28.7 Å². The number of carbonyl (C=O) groups is 2. The van der Waals surface area contributed by atoms with Crippen LogP contribution in [0.2, 0.25) is 0 Å². The number of nitrogens with zero attached hydrogens (tertiary/aromatic N) is 3. The highest BCUT2D eigenvalue weighted by atomic mass is 16.4. The zero-order valence-corrected chi connectivity index (χ0v) is 15.5. The Morgan fingerprint density at radius 2 is 1.89 bits per heavy atom. The Morgan fingerprint density at radius 3 is 2.54 bits per heavy atom. The molecule has 0 spiro atoms. The Bertz CT molecular complexity index is 962. The summed E-state index contributed by atoms with van der Waals surface area (Å²) in [5.74, 6) is -1.00. The lowest BCUT2D eigenvalue weighted by molar-refractivity contribution is -0.122. The van der Waals surface area contributed by atoms with Gasteiger partial charge in [0.2, 0.25) is 12.3 Å². The maximum Gasteiger partial charge on any atom is 0.322 e. The molecule has 1 saturated carbocycles. The zero-order chi connectivity index (χ0) is 19.5. The minimum atomic E-state index is -0.401. The number of rotatable bonds is 5. The van der Waals surface area contributed by atoms with Crippen molar-refractivity contribution in [2.75, 3.05) is 5.32 Å². The van der Waals surface area contributed by atoms with Crippen molar-refractivity contribution in [2.45, 2.75) is 32.6 Å². The highest BCUT2D eigenvalue weighted by molar-refractivity contribution is 6.02. The van der Waals surface area contributed by atoms with Gasteiger partial charge in [0.05, 0.1) is 5.69 Å². The van der Waals surface area contributed by atoms with Gasteiger partial charge in [0.25, 0.3) is 0 Å². The largest absolute Gasteiger partial charge is 0.411 e. The summed E-state index contributed by atoms with van der Waals surface area (Å²) in [5, 5.41) is 17.0. The first kappa shape index (κ1) is 18.1. The molecule has 2 aromatic heterocycles. The first-order valence-electron chi connectivity index (χ1n) is 9.35. The van der Waals surface area contributed by atoms with Gasteiger partial charge in [-0.2, -0.15) is 5.10 Å². The number of aromatic amines is 1. The zero-order valence-electron chi connectivity index (χ0n) is 15.5. The molecule has 2 heterocycles. The predicted molar refractivity (Wildman–Crippen MR) is 101 cm³/mol. The fourth-order valence-electron chi connectivity index (χ4n) is 3.77. The van der Waals surface area contributed by atoms with Crippen LogP contribution in [0.3, 0.4) is 0 Å². The Morgan fingerprint density at radius 1 is 1.14 bits per heavy atom. The smallest absolute Gasteiger partial charge is 0.322 e. The molecule has 8 heteroatoms. The molecule has 1 amide bonds. The average Bonchev–Trinajstić information content (AvgIpc) is 3.39. The van der Waals surface area contributed by atoms with E-state index in [0.29, 0.717) is 18.4 Å². The Kier molecular flexibility index (Phi) is 5.01. The number of carbonyl (C=O) groups excluding carboxylic acids is 2. The monoisotopic (exact) mass is 379 g/mol. The van der Waals surface area contributed by atoms with Crippen LogP contribution < -0.4 is 5.32 Å². The second kappa shape index (κ2) is 7.75. The van der Waals surface area contributed by atoms with Crippen molar-refractivity contribution < 1.29 is 14.0 Å². The second-order valence-corrected chi connectivity index (χ2v) is 7.11. The topological polar surface area (TPSA) is 114 Å². The van der Waals surface area contributed by atoms with E-state index < -0.39 is 5.92 Å². The van der Waals surface area contributed by atoms with Crippen molar-refractivity contribution in [2.24, 2.45) is 11.8 Å². The minimum Gasteiger partial charge on any atom is -0.411 e. The molecule has 1 aromatic carbocycles. The minimum absolute atomic E-state index is 0.00450. The number of hydrogen-bond donors (Lipinski definition) is 2. The number of benzene rings is 1. The molecule has 0 bridgehead atoms. The maximum atomic E-state index is 13.1. The third-order valence-electron chi connectivity index (χ3n) is 5.20. The number of aromatic nitrogens is 4. The van der Waals surface area contributed by atoms with Gasteiger partial charge in [0.15, 0.2) is 5.78 Å². The van der Waals surface area contributed by atoms with Crippen molar-refractivity contribution >= 4 is 17.7 Å². The standard InChI is InChI=1S/C20H21N5O3/c1-12-10-17(24-23-12)13-6-8-14(9-7-13)18(26)15-4-2-3-5-16(15)19(27)22-20-25-21-11-28-20/h6-11,15-16H,2-5H2,1H3,(H,23,24)(H,22,25,27)/t15-,16-/m1/s1. The number of hydrogen-bond acceptors (Lipinski definition) is 6. The normalized spacial score (nSPS) is 19.3. The van der Waals surface area contributed by atoms with Crippen molar-refractivity contribution in [3.8, 4) is 11.3 Å². The van der Waals surface area contributed by atoms with Crippen LogP contribution in [0.4, 0.5) is 6.01 Å². The van der Waals surface area contributed by atoms with Crippen molar-refractivity contribution in [1.82, 2.24) is 20.4 Å². The summed E-state index contributed by atoms with van der Waals surface area (Å²) in [6.45, 7) is 1.94. The third kappa shape index (κ3) is 3.71. The predicted octanol–water partition coefficient (Wildman–Crippen LogP) is 3.40. The molecular formula is C20H21N5O3. The molecule has 0 radical (unpaired) electrons. The number of H-pyrrole nitrogens is 1. The first-order valence-corrected chi connectivity index (χ1v) is 9.35. The fraction of sp³-hybridized carbons (Fsp3) is 0.350. The van der Waals surface area contributed by atoms with Crippen LogP contribution in [0.1, 0.15) is 41.7 Å². The van der Waals surface area contributed by atoms with Gasteiger partial charge in [-0.05, 0) is 25.8 Å². The van der Waals surface area contributed by atoms with Gasteiger partial charge in [0.1, 0.15) is 0 Å². The highest BCUT2D eigenvalue weighted by Gasteiger charge is 2.36. The molecule has 1 fully saturated rings. The summed E-state index contributed by atoms with van der Waals surface area (Å²) in [4.78, 5) is 25.8. The quantitative estimate of drug-likeness (QED) is 0.657. The summed E-state index contributed by atoms with van der Waals surface area (Å²) in [7, 11) is 0. The number of anilines is 1. The summed E-state index contributed by atoms with van der Waals surface area (Å²) >= 11 is 0. The lowest BCUT2D eigenvalue weighted by Gasteiger charge is -2.29. The molecule has 3 aromatic rings. The van der Waals surface area contributed by atoms with Crippen LogP contribution in [0.15, 0.2) is 41.1 Å². The molecule has 4 rings (SSSR count). The maximum absolute atomic E-state index is 13.1. The van der Waals surface area contributed by atoms with Crippen LogP contribution in [0.5, 0.6) is 0 Å². The lowest BCUT2D eigenvalue weighted by Crippen LogP contribution is -2.36. The summed E-state index contributed by atoms with van der Waals surface area (Å²) in [6, 6.07) is 9.40. The molecule has 2 atom stereocenters. The van der Waals surface area contributed by atoms with Gasteiger partial charge in [-0.3, -0.25) is 20.0 Å². The molecule has 0 saturated heterocycles. The highest BCUT2D eigenvalue weighted by Crippen LogP contribution is 2.34. The number of aryl methyl sites for hydroxylation is 1. The van der Waals surface area contributed by atoms with Crippen LogP contribution in [0, 0.1) is 18.8 Å². The third-order valence-corrected chi connectivity index (χ3v) is 5.20. The molecule has 8 nitrogen and oxygen atoms in total. The SMILES string of the molecule is Cc1cc(-c2ccc(C(=O)[C@@H]3CCCC[C@H]3C(=O)Nc3nnco3)cc2)n[nH]1. The number of ketones is 1. The molecule has 28 heavy (non-hydrogen) atoms.